The zero-order chi connectivity index (χ0) is 19.8. The van der Waals surface area contributed by atoms with Crippen LogP contribution < -0.4 is 0 Å². The van der Waals surface area contributed by atoms with Crippen LogP contribution in [0.1, 0.15) is 10.6 Å². The fourth-order valence-electron chi connectivity index (χ4n) is 3.79. The first-order valence-corrected chi connectivity index (χ1v) is 9.34. The molecule has 5 aromatic rings. The highest BCUT2D eigenvalue weighted by atomic mass is 16.3. The van der Waals surface area contributed by atoms with Crippen LogP contribution in [-0.2, 0) is 4.79 Å². The van der Waals surface area contributed by atoms with Gasteiger partial charge in [0, 0.05) is 11.1 Å². The molecule has 0 amide bonds. The molecule has 1 aromatic heterocycles. The van der Waals surface area contributed by atoms with Crippen molar-refractivity contribution >= 4 is 33.6 Å². The van der Waals surface area contributed by atoms with Crippen molar-refractivity contribution in [3.05, 3.63) is 97.0 Å². The van der Waals surface area contributed by atoms with Gasteiger partial charge in [0.1, 0.15) is 0 Å². The van der Waals surface area contributed by atoms with Crippen molar-refractivity contribution in [1.82, 2.24) is 0 Å². The lowest BCUT2D eigenvalue weighted by molar-refractivity contribution is -0.104. The molecule has 0 aliphatic heterocycles. The van der Waals surface area contributed by atoms with Gasteiger partial charge < -0.3 is 4.42 Å². The van der Waals surface area contributed by atoms with Gasteiger partial charge in [0.05, 0.1) is 6.26 Å². The predicted molar refractivity (Wildman–Crippen MR) is 115 cm³/mol. The third-order valence-corrected chi connectivity index (χ3v) is 5.22. The summed E-state index contributed by atoms with van der Waals surface area (Å²) in [6.45, 7) is 0. The molecule has 0 saturated carbocycles. The number of Topliss-reactive ketones (excluding diaryl/α,β-unsaturated/α-hetero) is 1. The maximum Gasteiger partial charge on any atom is 0.261 e. The van der Waals surface area contributed by atoms with Crippen molar-refractivity contribution in [1.29, 1.82) is 0 Å². The smallest absolute Gasteiger partial charge is 0.261 e. The summed E-state index contributed by atoms with van der Waals surface area (Å²) < 4.78 is 5.60. The van der Waals surface area contributed by atoms with Crippen molar-refractivity contribution in [2.45, 2.75) is 0 Å². The van der Waals surface area contributed by atoms with Gasteiger partial charge in [0.25, 0.3) is 5.78 Å². The second-order valence-corrected chi connectivity index (χ2v) is 6.96. The van der Waals surface area contributed by atoms with Crippen LogP contribution in [0.3, 0.4) is 0 Å². The number of rotatable bonds is 4. The van der Waals surface area contributed by atoms with Crippen molar-refractivity contribution in [2.75, 3.05) is 0 Å². The Morgan fingerprint density at radius 1 is 0.690 bits per heavy atom. The zero-order valence-electron chi connectivity index (χ0n) is 15.5. The monoisotopic (exact) mass is 376 g/mol. The molecule has 3 heteroatoms. The van der Waals surface area contributed by atoms with Gasteiger partial charge >= 0.3 is 0 Å². The Kier molecular flexibility index (Phi) is 4.07. The molecule has 0 atom stereocenters. The molecular formula is C26H16O3. The van der Waals surface area contributed by atoms with E-state index in [0.717, 1.165) is 38.2 Å². The Labute approximate surface area is 167 Å². The van der Waals surface area contributed by atoms with Gasteiger partial charge in [0.2, 0.25) is 0 Å². The molecule has 138 valence electrons. The maximum atomic E-state index is 12.3. The molecule has 0 fully saturated rings. The molecule has 4 aromatic carbocycles. The Hall–Kier alpha value is -3.98. The summed E-state index contributed by atoms with van der Waals surface area (Å²) in [6.07, 6.45) is 1.86. The number of aldehydes is 1. The van der Waals surface area contributed by atoms with Crippen LogP contribution in [0.25, 0.3) is 43.8 Å². The van der Waals surface area contributed by atoms with Gasteiger partial charge in [-0.25, -0.2) is 0 Å². The third-order valence-electron chi connectivity index (χ3n) is 5.22. The Morgan fingerprint density at radius 3 is 1.86 bits per heavy atom. The van der Waals surface area contributed by atoms with Gasteiger partial charge in [-0.2, -0.15) is 0 Å². The van der Waals surface area contributed by atoms with E-state index in [2.05, 4.69) is 12.1 Å². The standard InChI is InChI=1S/C26H16O3/c27-15-24(28)26-25(22-12-10-18-6-2-4-8-20(18)14-22)23(16-29-26)21-11-9-17-5-1-3-7-19(17)13-21/h1-16H. The van der Waals surface area contributed by atoms with Crippen LogP contribution in [0.5, 0.6) is 0 Å². The van der Waals surface area contributed by atoms with Gasteiger partial charge in [-0.3, -0.25) is 9.59 Å². The zero-order valence-corrected chi connectivity index (χ0v) is 15.5. The van der Waals surface area contributed by atoms with Crippen LogP contribution in [-0.4, -0.2) is 12.1 Å². The van der Waals surface area contributed by atoms with Crippen LogP contribution in [0.2, 0.25) is 0 Å². The molecule has 1 heterocycles. The SMILES string of the molecule is O=CC(=O)c1occ(-c2ccc3ccccc3c2)c1-c1ccc2ccccc2c1. The normalized spacial score (nSPS) is 11.0. The van der Waals surface area contributed by atoms with Gasteiger partial charge in [-0.1, -0.05) is 72.8 Å². The van der Waals surface area contributed by atoms with E-state index in [-0.39, 0.29) is 5.76 Å². The lowest BCUT2D eigenvalue weighted by Gasteiger charge is -2.08. The van der Waals surface area contributed by atoms with E-state index in [1.807, 2.05) is 72.8 Å². The second kappa shape index (κ2) is 6.88. The predicted octanol–water partition coefficient (Wildman–Crippen LogP) is 6.30. The number of furan rings is 1. The lowest BCUT2D eigenvalue weighted by atomic mass is 9.93. The number of hydrogen-bond acceptors (Lipinski definition) is 3. The largest absolute Gasteiger partial charge is 0.459 e. The first-order valence-electron chi connectivity index (χ1n) is 9.34. The second-order valence-electron chi connectivity index (χ2n) is 6.96. The van der Waals surface area contributed by atoms with Crippen LogP contribution in [0.4, 0.5) is 0 Å². The van der Waals surface area contributed by atoms with Crippen LogP contribution >= 0.6 is 0 Å². The van der Waals surface area contributed by atoms with Crippen LogP contribution in [0, 0.1) is 0 Å². The summed E-state index contributed by atoms with van der Waals surface area (Å²) in [5.74, 6) is -0.598. The number of benzene rings is 4. The molecule has 0 spiro atoms. The summed E-state index contributed by atoms with van der Waals surface area (Å²) in [7, 11) is 0. The Bertz CT molecular complexity index is 1390. The quantitative estimate of drug-likeness (QED) is 0.210. The van der Waals surface area contributed by atoms with Crippen molar-refractivity contribution in [3.63, 3.8) is 0 Å². The average molecular weight is 376 g/mol. The Morgan fingerprint density at radius 2 is 1.24 bits per heavy atom. The molecule has 29 heavy (non-hydrogen) atoms. The van der Waals surface area contributed by atoms with E-state index >= 15 is 0 Å². The minimum Gasteiger partial charge on any atom is -0.459 e. The van der Waals surface area contributed by atoms with E-state index in [0.29, 0.717) is 11.8 Å². The number of ketones is 1. The summed E-state index contributed by atoms with van der Waals surface area (Å²) in [5.41, 5.74) is 3.20. The molecule has 0 unspecified atom stereocenters. The van der Waals surface area contributed by atoms with Crippen LogP contribution in [0.15, 0.2) is 95.6 Å². The molecule has 3 nitrogen and oxygen atoms in total. The van der Waals surface area contributed by atoms with Gasteiger partial charge in [-0.15, -0.1) is 0 Å². The summed E-state index contributed by atoms with van der Waals surface area (Å²) in [6, 6.07) is 28.2. The lowest BCUT2D eigenvalue weighted by Crippen LogP contribution is -2.00. The molecule has 0 N–H and O–H groups in total. The van der Waals surface area contributed by atoms with E-state index in [4.69, 9.17) is 4.42 Å². The summed E-state index contributed by atoms with van der Waals surface area (Å²) >= 11 is 0. The van der Waals surface area contributed by atoms with E-state index in [9.17, 15) is 9.59 Å². The number of fused-ring (bicyclic) bond motifs is 2. The topological polar surface area (TPSA) is 47.3 Å². The molecule has 0 aliphatic rings. The first-order chi connectivity index (χ1) is 14.2. The Balaban J connectivity index is 1.76. The number of carbonyl (C=O) groups is 2. The highest BCUT2D eigenvalue weighted by molar-refractivity contribution is 6.34. The van der Waals surface area contributed by atoms with Gasteiger partial charge in [-0.05, 0) is 44.8 Å². The van der Waals surface area contributed by atoms with Crippen molar-refractivity contribution in [2.24, 2.45) is 0 Å². The number of carbonyl (C=O) groups excluding carboxylic acids is 2. The van der Waals surface area contributed by atoms with Crippen molar-refractivity contribution < 1.29 is 14.0 Å². The van der Waals surface area contributed by atoms with E-state index in [1.165, 1.54) is 0 Å². The average Bonchev–Trinajstić information content (AvgIpc) is 3.23. The molecule has 0 aliphatic carbocycles. The highest BCUT2D eigenvalue weighted by Gasteiger charge is 2.22. The molecule has 0 bridgehead atoms. The maximum absolute atomic E-state index is 12.3. The fraction of sp³-hybridized carbons (Fsp3) is 0. The van der Waals surface area contributed by atoms with E-state index in [1.54, 1.807) is 6.26 Å². The summed E-state index contributed by atoms with van der Waals surface area (Å²) in [5, 5.41) is 4.39. The fourth-order valence-corrected chi connectivity index (χ4v) is 3.79. The van der Waals surface area contributed by atoms with Gasteiger partial charge in [0.15, 0.2) is 12.0 Å². The summed E-state index contributed by atoms with van der Waals surface area (Å²) in [4.78, 5) is 23.5. The van der Waals surface area contributed by atoms with Crippen molar-refractivity contribution in [3.8, 4) is 22.3 Å². The highest BCUT2D eigenvalue weighted by Crippen LogP contribution is 2.39. The minimum atomic E-state index is -0.666. The molecule has 0 saturated heterocycles. The third kappa shape index (κ3) is 2.93. The molecular weight excluding hydrogens is 360 g/mol. The molecule has 5 rings (SSSR count). The number of hydrogen-bond donors (Lipinski definition) is 0. The van der Waals surface area contributed by atoms with E-state index < -0.39 is 5.78 Å². The first kappa shape index (κ1) is 17.1. The molecule has 0 radical (unpaired) electrons. The minimum absolute atomic E-state index is 0.0680.